The van der Waals surface area contributed by atoms with Crippen molar-refractivity contribution in [1.29, 1.82) is 0 Å². The summed E-state index contributed by atoms with van der Waals surface area (Å²) in [6, 6.07) is 0.360. The van der Waals surface area contributed by atoms with Crippen LogP contribution >= 0.6 is 0 Å². The van der Waals surface area contributed by atoms with Gasteiger partial charge in [0, 0.05) is 12.5 Å². The van der Waals surface area contributed by atoms with Gasteiger partial charge in [-0.1, -0.05) is 27.7 Å². The van der Waals surface area contributed by atoms with Crippen LogP contribution in [0.3, 0.4) is 0 Å². The Morgan fingerprint density at radius 2 is 2.00 bits per heavy atom. The molecule has 88 valence electrons. The molecule has 0 heterocycles. The first-order valence-corrected chi connectivity index (χ1v) is 5.78. The number of hydrazine groups is 1. The highest BCUT2D eigenvalue weighted by Crippen LogP contribution is 2.27. The summed E-state index contributed by atoms with van der Waals surface area (Å²) in [6.07, 6.45) is 9.35. The Morgan fingerprint density at radius 1 is 1.40 bits per heavy atom. The standard InChI is InChI=1S/C13H26N2/c1-6-7-8-12(15-14)9-11(2)10-13(3,4)5/h1,11-12,15H,7-10,14H2,2-5H3. The number of hydrogen-bond donors (Lipinski definition) is 2. The highest BCUT2D eigenvalue weighted by atomic mass is 15.2. The number of hydrogen-bond acceptors (Lipinski definition) is 2. The SMILES string of the molecule is C#CCCC(CC(C)CC(C)(C)C)NN. The summed E-state index contributed by atoms with van der Waals surface area (Å²) in [5.41, 5.74) is 3.25. The third kappa shape index (κ3) is 8.47. The lowest BCUT2D eigenvalue weighted by Gasteiger charge is -2.26. The van der Waals surface area contributed by atoms with E-state index in [1.807, 2.05) is 0 Å². The smallest absolute Gasteiger partial charge is 0.0222 e. The first-order chi connectivity index (χ1) is 6.89. The molecular weight excluding hydrogens is 184 g/mol. The number of nitrogens with one attached hydrogen (secondary N) is 1. The molecule has 2 atom stereocenters. The van der Waals surface area contributed by atoms with E-state index in [9.17, 15) is 0 Å². The minimum atomic E-state index is 0.360. The maximum absolute atomic E-state index is 5.51. The summed E-state index contributed by atoms with van der Waals surface area (Å²) in [6.45, 7) is 9.10. The molecule has 0 fully saturated rings. The Morgan fingerprint density at radius 3 is 2.40 bits per heavy atom. The Hall–Kier alpha value is -0.520. The van der Waals surface area contributed by atoms with Gasteiger partial charge in [-0.25, -0.2) is 0 Å². The lowest BCUT2D eigenvalue weighted by atomic mass is 9.82. The molecule has 3 N–H and O–H groups in total. The van der Waals surface area contributed by atoms with E-state index in [1.54, 1.807) is 0 Å². The highest BCUT2D eigenvalue weighted by Gasteiger charge is 2.18. The summed E-state index contributed by atoms with van der Waals surface area (Å²) < 4.78 is 0. The van der Waals surface area contributed by atoms with Crippen molar-refractivity contribution in [2.75, 3.05) is 0 Å². The van der Waals surface area contributed by atoms with Gasteiger partial charge >= 0.3 is 0 Å². The molecule has 2 nitrogen and oxygen atoms in total. The molecular formula is C13H26N2. The van der Waals surface area contributed by atoms with E-state index in [2.05, 4.69) is 39.0 Å². The van der Waals surface area contributed by atoms with Crippen molar-refractivity contribution < 1.29 is 0 Å². The summed E-state index contributed by atoms with van der Waals surface area (Å²) in [5, 5.41) is 0. The van der Waals surface area contributed by atoms with Crippen LogP contribution in [0.2, 0.25) is 0 Å². The largest absolute Gasteiger partial charge is 0.271 e. The zero-order valence-electron chi connectivity index (χ0n) is 10.6. The fourth-order valence-electron chi connectivity index (χ4n) is 2.14. The summed E-state index contributed by atoms with van der Waals surface area (Å²) in [4.78, 5) is 0. The van der Waals surface area contributed by atoms with Gasteiger partial charge in [0.05, 0.1) is 0 Å². The highest BCUT2D eigenvalue weighted by molar-refractivity contribution is 4.85. The Balaban J connectivity index is 3.91. The van der Waals surface area contributed by atoms with Gasteiger partial charge in [0.25, 0.3) is 0 Å². The van der Waals surface area contributed by atoms with E-state index in [4.69, 9.17) is 12.3 Å². The third-order valence-electron chi connectivity index (χ3n) is 2.52. The van der Waals surface area contributed by atoms with Gasteiger partial charge in [0.15, 0.2) is 0 Å². The predicted octanol–water partition coefficient (Wildman–Crippen LogP) is 2.69. The van der Waals surface area contributed by atoms with Crippen LogP contribution < -0.4 is 11.3 Å². The maximum Gasteiger partial charge on any atom is 0.0222 e. The molecule has 0 aromatic carbocycles. The minimum absolute atomic E-state index is 0.360. The fraction of sp³-hybridized carbons (Fsp3) is 0.846. The van der Waals surface area contributed by atoms with Crippen LogP contribution in [0.5, 0.6) is 0 Å². The first kappa shape index (κ1) is 14.5. The topological polar surface area (TPSA) is 38.0 Å². The van der Waals surface area contributed by atoms with E-state index >= 15 is 0 Å². The third-order valence-corrected chi connectivity index (χ3v) is 2.52. The lowest BCUT2D eigenvalue weighted by molar-refractivity contribution is 0.272. The molecule has 0 rings (SSSR count). The lowest BCUT2D eigenvalue weighted by Crippen LogP contribution is -2.36. The summed E-state index contributed by atoms with van der Waals surface area (Å²) >= 11 is 0. The average Bonchev–Trinajstić information content (AvgIpc) is 2.09. The second-order valence-electron chi connectivity index (χ2n) is 5.71. The van der Waals surface area contributed by atoms with Crippen molar-refractivity contribution in [1.82, 2.24) is 5.43 Å². The van der Waals surface area contributed by atoms with Crippen LogP contribution in [-0.4, -0.2) is 6.04 Å². The van der Waals surface area contributed by atoms with E-state index in [1.165, 1.54) is 6.42 Å². The van der Waals surface area contributed by atoms with Crippen molar-refractivity contribution in [3.8, 4) is 12.3 Å². The van der Waals surface area contributed by atoms with Crippen molar-refractivity contribution in [3.63, 3.8) is 0 Å². The minimum Gasteiger partial charge on any atom is -0.271 e. The molecule has 0 bridgehead atoms. The van der Waals surface area contributed by atoms with E-state index in [0.717, 1.165) is 19.3 Å². The Bertz CT molecular complexity index is 198. The van der Waals surface area contributed by atoms with Gasteiger partial charge in [0.2, 0.25) is 0 Å². The predicted molar refractivity (Wildman–Crippen MR) is 67.0 cm³/mol. The van der Waals surface area contributed by atoms with Crippen LogP contribution in [0.15, 0.2) is 0 Å². The number of terminal acetylenes is 1. The van der Waals surface area contributed by atoms with E-state index in [0.29, 0.717) is 17.4 Å². The molecule has 0 aliphatic heterocycles. The summed E-state index contributed by atoms with van der Waals surface area (Å²) in [7, 11) is 0. The van der Waals surface area contributed by atoms with Gasteiger partial charge in [-0.05, 0) is 30.6 Å². The van der Waals surface area contributed by atoms with Crippen LogP contribution in [0.4, 0.5) is 0 Å². The number of nitrogens with two attached hydrogens (primary N) is 1. The molecule has 2 heteroatoms. The zero-order valence-corrected chi connectivity index (χ0v) is 10.6. The van der Waals surface area contributed by atoms with Crippen LogP contribution in [-0.2, 0) is 0 Å². The van der Waals surface area contributed by atoms with Crippen molar-refractivity contribution in [2.45, 2.75) is 59.4 Å². The zero-order chi connectivity index (χ0) is 11.9. The quantitative estimate of drug-likeness (QED) is 0.402. The van der Waals surface area contributed by atoms with Crippen molar-refractivity contribution >= 4 is 0 Å². The second-order valence-corrected chi connectivity index (χ2v) is 5.71. The molecule has 0 aromatic rings. The second kappa shape index (κ2) is 6.87. The number of rotatable bonds is 6. The van der Waals surface area contributed by atoms with E-state index in [-0.39, 0.29) is 0 Å². The molecule has 0 amide bonds. The first-order valence-electron chi connectivity index (χ1n) is 5.78. The van der Waals surface area contributed by atoms with Gasteiger partial charge < -0.3 is 0 Å². The molecule has 0 aromatic heterocycles. The summed E-state index contributed by atoms with van der Waals surface area (Å²) in [5.74, 6) is 8.85. The van der Waals surface area contributed by atoms with Gasteiger partial charge in [-0.3, -0.25) is 11.3 Å². The van der Waals surface area contributed by atoms with Crippen LogP contribution in [0.25, 0.3) is 0 Å². The molecule has 15 heavy (non-hydrogen) atoms. The Kier molecular flexibility index (Phi) is 6.63. The monoisotopic (exact) mass is 210 g/mol. The van der Waals surface area contributed by atoms with Crippen LogP contribution in [0.1, 0.15) is 53.4 Å². The fourth-order valence-corrected chi connectivity index (χ4v) is 2.14. The maximum atomic E-state index is 5.51. The van der Waals surface area contributed by atoms with Gasteiger partial charge in [-0.2, -0.15) is 0 Å². The van der Waals surface area contributed by atoms with Crippen molar-refractivity contribution in [2.24, 2.45) is 17.2 Å². The normalized spacial score (nSPS) is 15.7. The van der Waals surface area contributed by atoms with Crippen LogP contribution in [0, 0.1) is 23.7 Å². The molecule has 0 aliphatic rings. The van der Waals surface area contributed by atoms with E-state index < -0.39 is 0 Å². The Labute approximate surface area is 95.0 Å². The van der Waals surface area contributed by atoms with Gasteiger partial charge in [-0.15, -0.1) is 12.3 Å². The molecule has 0 saturated carbocycles. The molecule has 0 saturated heterocycles. The average molecular weight is 210 g/mol. The molecule has 0 radical (unpaired) electrons. The van der Waals surface area contributed by atoms with Gasteiger partial charge in [0.1, 0.15) is 0 Å². The molecule has 2 unspecified atom stereocenters. The van der Waals surface area contributed by atoms with Crippen molar-refractivity contribution in [3.05, 3.63) is 0 Å². The molecule has 0 spiro atoms. The molecule has 0 aliphatic carbocycles.